The van der Waals surface area contributed by atoms with Gasteiger partial charge in [-0.15, -0.1) is 37.2 Å². The van der Waals surface area contributed by atoms with Gasteiger partial charge in [-0.3, -0.25) is 14.9 Å². The number of methoxy groups -OCH3 is 6. The molecule has 0 bridgehead atoms. The SMILES string of the molecule is COc1cc(-c2cncc(CN3CCC(N(Cc4cncc(-c5cc(OC)c(OC)c(OC)c5)c4)c4ccc(F)c(F)c4)CC3)c2)cc(OC)c1OC.Cl.Cl.Cl. The van der Waals surface area contributed by atoms with E-state index in [9.17, 15) is 8.78 Å². The quantitative estimate of drug-likeness (QED) is 0.108. The van der Waals surface area contributed by atoms with Gasteiger partial charge in [0.2, 0.25) is 11.5 Å². The molecule has 10 nitrogen and oxygen atoms in total. The van der Waals surface area contributed by atoms with Crippen LogP contribution in [0, 0.1) is 11.6 Å². The van der Waals surface area contributed by atoms with Crippen LogP contribution in [0.25, 0.3) is 22.3 Å². The second-order valence-electron chi connectivity index (χ2n) is 12.7. The van der Waals surface area contributed by atoms with Crippen LogP contribution >= 0.6 is 37.2 Å². The molecular weight excluding hydrogens is 789 g/mol. The van der Waals surface area contributed by atoms with Gasteiger partial charge in [0.1, 0.15) is 0 Å². The summed E-state index contributed by atoms with van der Waals surface area (Å²) < 4.78 is 62.0. The summed E-state index contributed by atoms with van der Waals surface area (Å²) in [5.41, 5.74) is 6.12. The second kappa shape index (κ2) is 21.0. The first-order valence-electron chi connectivity index (χ1n) is 17.2. The van der Waals surface area contributed by atoms with E-state index >= 15 is 0 Å². The van der Waals surface area contributed by atoms with Crippen molar-refractivity contribution in [3.05, 3.63) is 102 Å². The van der Waals surface area contributed by atoms with Crippen LogP contribution in [0.15, 0.2) is 79.4 Å². The van der Waals surface area contributed by atoms with Crippen molar-refractivity contribution in [1.82, 2.24) is 14.9 Å². The Labute approximate surface area is 345 Å². The van der Waals surface area contributed by atoms with Crippen molar-refractivity contribution in [3.8, 4) is 56.8 Å². The minimum absolute atomic E-state index is 0. The van der Waals surface area contributed by atoms with E-state index in [0.717, 1.165) is 59.3 Å². The Hall–Kier alpha value is -4.75. The fourth-order valence-electron chi connectivity index (χ4n) is 6.90. The fraction of sp³-hybridized carbons (Fsp3) is 0.317. The molecule has 3 heterocycles. The Morgan fingerprint density at radius 3 is 1.48 bits per heavy atom. The van der Waals surface area contributed by atoms with Crippen LogP contribution < -0.4 is 33.3 Å². The molecule has 0 saturated carbocycles. The van der Waals surface area contributed by atoms with Crippen molar-refractivity contribution in [2.24, 2.45) is 0 Å². The molecule has 56 heavy (non-hydrogen) atoms. The monoisotopic (exact) mass is 834 g/mol. The molecular formula is C41H47Cl3F2N4O6. The van der Waals surface area contributed by atoms with E-state index < -0.39 is 11.6 Å². The minimum atomic E-state index is -0.881. The summed E-state index contributed by atoms with van der Waals surface area (Å²) in [6.45, 7) is 2.78. The Morgan fingerprint density at radius 1 is 0.571 bits per heavy atom. The highest BCUT2D eigenvalue weighted by Gasteiger charge is 2.27. The first kappa shape index (κ1) is 45.6. The van der Waals surface area contributed by atoms with E-state index in [-0.39, 0.29) is 43.3 Å². The Kier molecular flexibility index (Phi) is 17.1. The number of likely N-dealkylation sites (tertiary alicyclic amines) is 1. The molecule has 3 aromatic carbocycles. The normalized spacial score (nSPS) is 12.6. The first-order valence-corrected chi connectivity index (χ1v) is 17.2. The maximum Gasteiger partial charge on any atom is 0.203 e. The first-order chi connectivity index (χ1) is 25.8. The highest BCUT2D eigenvalue weighted by atomic mass is 35.5. The molecule has 6 rings (SSSR count). The lowest BCUT2D eigenvalue weighted by molar-refractivity contribution is 0.200. The zero-order valence-corrected chi connectivity index (χ0v) is 34.5. The van der Waals surface area contributed by atoms with Crippen LogP contribution in [0.3, 0.4) is 0 Å². The maximum absolute atomic E-state index is 14.6. The third kappa shape index (κ3) is 10.2. The summed E-state index contributed by atoms with van der Waals surface area (Å²) >= 11 is 0. The number of hydrogen-bond acceptors (Lipinski definition) is 10. The molecule has 1 aliphatic rings. The Bertz CT molecular complexity index is 2010. The molecule has 5 aromatic rings. The molecule has 1 fully saturated rings. The van der Waals surface area contributed by atoms with Crippen LogP contribution in [0.5, 0.6) is 34.5 Å². The van der Waals surface area contributed by atoms with Crippen molar-refractivity contribution >= 4 is 42.9 Å². The number of piperidine rings is 1. The zero-order valence-electron chi connectivity index (χ0n) is 32.0. The molecule has 0 aliphatic carbocycles. The summed E-state index contributed by atoms with van der Waals surface area (Å²) in [6, 6.07) is 15.9. The van der Waals surface area contributed by atoms with E-state index in [1.54, 1.807) is 61.1 Å². The van der Waals surface area contributed by atoms with Crippen molar-refractivity contribution in [3.63, 3.8) is 0 Å². The van der Waals surface area contributed by atoms with Crippen LogP contribution in [0.1, 0.15) is 24.0 Å². The zero-order chi connectivity index (χ0) is 37.5. The predicted molar refractivity (Wildman–Crippen MR) is 221 cm³/mol. The van der Waals surface area contributed by atoms with E-state index in [4.69, 9.17) is 28.4 Å². The van der Waals surface area contributed by atoms with Crippen molar-refractivity contribution in [1.29, 1.82) is 0 Å². The summed E-state index contributed by atoms with van der Waals surface area (Å²) in [7, 11) is 9.49. The number of nitrogens with zero attached hydrogens (tertiary/aromatic N) is 4. The molecule has 1 aliphatic heterocycles. The summed E-state index contributed by atoms with van der Waals surface area (Å²) in [4.78, 5) is 13.6. The van der Waals surface area contributed by atoms with Crippen molar-refractivity contribution < 1.29 is 37.2 Å². The minimum Gasteiger partial charge on any atom is -0.493 e. The summed E-state index contributed by atoms with van der Waals surface area (Å²) in [5.74, 6) is 1.49. The molecule has 302 valence electrons. The Balaban J connectivity index is 0.00000280. The van der Waals surface area contributed by atoms with E-state index in [1.807, 2.05) is 42.7 Å². The van der Waals surface area contributed by atoms with Gasteiger partial charge in [0.25, 0.3) is 0 Å². The lowest BCUT2D eigenvalue weighted by Gasteiger charge is -2.40. The molecule has 15 heteroatoms. The number of aromatic nitrogens is 2. The average Bonchev–Trinajstić information content (AvgIpc) is 3.20. The topological polar surface area (TPSA) is 87.6 Å². The molecule has 0 amide bonds. The lowest BCUT2D eigenvalue weighted by atomic mass is 9.99. The molecule has 0 spiro atoms. The molecule has 0 N–H and O–H groups in total. The van der Waals surface area contributed by atoms with Crippen molar-refractivity contribution in [2.45, 2.75) is 32.0 Å². The summed E-state index contributed by atoms with van der Waals surface area (Å²) in [6.07, 6.45) is 8.92. The fourth-order valence-corrected chi connectivity index (χ4v) is 6.90. The van der Waals surface area contributed by atoms with Crippen LogP contribution in [0.4, 0.5) is 14.5 Å². The molecule has 0 radical (unpaired) electrons. The number of hydrogen-bond donors (Lipinski definition) is 0. The van der Waals surface area contributed by atoms with Gasteiger partial charge in [-0.2, -0.15) is 0 Å². The number of ether oxygens (including phenoxy) is 6. The largest absolute Gasteiger partial charge is 0.493 e. The van der Waals surface area contributed by atoms with Gasteiger partial charge in [0.05, 0.1) is 42.7 Å². The third-order valence-corrected chi connectivity index (χ3v) is 9.58. The smallest absolute Gasteiger partial charge is 0.203 e. The van der Waals surface area contributed by atoms with Crippen molar-refractivity contribution in [2.75, 3.05) is 60.6 Å². The number of anilines is 1. The van der Waals surface area contributed by atoms with Gasteiger partial charge in [-0.1, -0.05) is 0 Å². The number of rotatable bonds is 14. The summed E-state index contributed by atoms with van der Waals surface area (Å²) in [5, 5.41) is 0. The molecule has 2 aromatic heterocycles. The van der Waals surface area contributed by atoms with Gasteiger partial charge in [-0.05, 0) is 83.6 Å². The van der Waals surface area contributed by atoms with E-state index in [1.165, 1.54) is 12.1 Å². The average molecular weight is 836 g/mol. The van der Waals surface area contributed by atoms with Gasteiger partial charge < -0.3 is 33.3 Å². The van der Waals surface area contributed by atoms with Gasteiger partial charge in [0.15, 0.2) is 34.6 Å². The second-order valence-corrected chi connectivity index (χ2v) is 12.7. The van der Waals surface area contributed by atoms with E-state index in [0.29, 0.717) is 53.3 Å². The number of benzene rings is 3. The van der Waals surface area contributed by atoms with Crippen LogP contribution in [-0.2, 0) is 13.1 Å². The van der Waals surface area contributed by atoms with E-state index in [2.05, 4.69) is 25.8 Å². The van der Waals surface area contributed by atoms with Gasteiger partial charge in [0, 0.05) is 79.9 Å². The van der Waals surface area contributed by atoms with Gasteiger partial charge >= 0.3 is 0 Å². The standard InChI is InChI=1S/C41H44F2N4O6.3ClH/c1-48-36-15-28(16-37(49-2)40(36)52-5)30-13-26(20-44-22-30)24-46-11-9-32(10-12-46)47(33-7-8-34(42)35(43)19-33)25-27-14-31(23-45-21-27)29-17-38(50-3)41(53-6)39(18-29)51-4;;;/h7-8,13-23,32H,9-12,24-25H2,1-6H3;3*1H. The van der Waals surface area contributed by atoms with Crippen LogP contribution in [0.2, 0.25) is 0 Å². The molecule has 0 unspecified atom stereocenters. The van der Waals surface area contributed by atoms with Crippen LogP contribution in [-0.4, -0.2) is 76.7 Å². The highest BCUT2D eigenvalue weighted by Crippen LogP contribution is 2.42. The number of halogens is 5. The third-order valence-electron chi connectivity index (χ3n) is 9.58. The van der Waals surface area contributed by atoms with Gasteiger partial charge in [-0.25, -0.2) is 8.78 Å². The molecule has 1 saturated heterocycles. The number of pyridine rings is 2. The Morgan fingerprint density at radius 2 is 1.04 bits per heavy atom. The predicted octanol–water partition coefficient (Wildman–Crippen LogP) is 9.08. The lowest BCUT2D eigenvalue weighted by Crippen LogP contribution is -2.44. The molecule has 0 atom stereocenters. The highest BCUT2D eigenvalue weighted by molar-refractivity contribution is 5.86. The maximum atomic E-state index is 14.6.